The number of carbonyl (C=O) groups is 2. The van der Waals surface area contributed by atoms with E-state index in [9.17, 15) is 9.59 Å². The van der Waals surface area contributed by atoms with Gasteiger partial charge in [-0.1, -0.05) is 60.4 Å². The van der Waals surface area contributed by atoms with Crippen LogP contribution in [-0.4, -0.2) is 34.8 Å². The summed E-state index contributed by atoms with van der Waals surface area (Å²) < 4.78 is 12.5. The Morgan fingerprint density at radius 2 is 1.81 bits per heavy atom. The average Bonchev–Trinajstić information content (AvgIpc) is 3.14. The standard InChI is InChI=1S/C28H25BrN2O4S2/c1-17-11-21(29)22(12-18(17)2)30-26(32)16-35-23-10-9-20(13-24(23)34-3)14-25-27(33)31(28(36)37-25)15-19-7-5-4-6-8-19/h4-14H,15-16H2,1-3H3,(H,30,32). The molecule has 0 bridgehead atoms. The summed E-state index contributed by atoms with van der Waals surface area (Å²) in [6.07, 6.45) is 1.78. The second-order valence-corrected chi connectivity index (χ2v) is 10.9. The van der Waals surface area contributed by atoms with Crippen molar-refractivity contribution < 1.29 is 19.1 Å². The van der Waals surface area contributed by atoms with E-state index in [1.807, 2.05) is 56.3 Å². The van der Waals surface area contributed by atoms with Gasteiger partial charge in [0, 0.05) is 4.47 Å². The van der Waals surface area contributed by atoms with Crippen molar-refractivity contribution >= 4 is 67.8 Å². The number of thiocarbonyl (C=S) groups is 1. The van der Waals surface area contributed by atoms with E-state index in [0.717, 1.165) is 26.7 Å². The molecular formula is C28H25BrN2O4S2. The van der Waals surface area contributed by atoms with E-state index in [1.54, 1.807) is 29.2 Å². The van der Waals surface area contributed by atoms with Crippen LogP contribution in [0.15, 0.2) is 70.0 Å². The van der Waals surface area contributed by atoms with Crippen molar-refractivity contribution in [3.63, 3.8) is 0 Å². The quantitative estimate of drug-likeness (QED) is 0.237. The Kier molecular flexibility index (Phi) is 8.68. The van der Waals surface area contributed by atoms with E-state index in [1.165, 1.54) is 18.9 Å². The number of anilines is 1. The average molecular weight is 598 g/mol. The second-order valence-electron chi connectivity index (χ2n) is 8.42. The van der Waals surface area contributed by atoms with Crippen molar-refractivity contribution in [1.29, 1.82) is 0 Å². The fourth-order valence-electron chi connectivity index (χ4n) is 3.65. The Morgan fingerprint density at radius 1 is 1.08 bits per heavy atom. The third-order valence-corrected chi connectivity index (χ3v) is 7.79. The number of nitrogens with zero attached hydrogens (tertiary/aromatic N) is 1. The topological polar surface area (TPSA) is 67.9 Å². The number of nitrogens with one attached hydrogen (secondary N) is 1. The summed E-state index contributed by atoms with van der Waals surface area (Å²) in [6.45, 7) is 4.24. The number of hydrogen-bond acceptors (Lipinski definition) is 6. The maximum atomic E-state index is 13.0. The molecule has 0 aliphatic carbocycles. The molecule has 6 nitrogen and oxygen atoms in total. The lowest BCUT2D eigenvalue weighted by molar-refractivity contribution is -0.122. The van der Waals surface area contributed by atoms with Gasteiger partial charge in [-0.25, -0.2) is 0 Å². The highest BCUT2D eigenvalue weighted by molar-refractivity contribution is 9.10. The number of carbonyl (C=O) groups excluding carboxylic acids is 2. The first-order valence-electron chi connectivity index (χ1n) is 11.4. The van der Waals surface area contributed by atoms with E-state index >= 15 is 0 Å². The maximum absolute atomic E-state index is 13.0. The molecule has 0 saturated carbocycles. The van der Waals surface area contributed by atoms with Crippen molar-refractivity contribution in [3.8, 4) is 11.5 Å². The normalized spacial score (nSPS) is 14.3. The van der Waals surface area contributed by atoms with Gasteiger partial charge >= 0.3 is 0 Å². The van der Waals surface area contributed by atoms with Gasteiger partial charge < -0.3 is 14.8 Å². The van der Waals surface area contributed by atoms with Crippen LogP contribution < -0.4 is 14.8 Å². The number of rotatable bonds is 8. The maximum Gasteiger partial charge on any atom is 0.266 e. The van der Waals surface area contributed by atoms with Crippen LogP contribution in [0.3, 0.4) is 0 Å². The molecule has 0 radical (unpaired) electrons. The van der Waals surface area contributed by atoms with Gasteiger partial charge in [-0.2, -0.15) is 0 Å². The van der Waals surface area contributed by atoms with Crippen molar-refractivity contribution in [2.75, 3.05) is 19.0 Å². The van der Waals surface area contributed by atoms with Crippen molar-refractivity contribution in [3.05, 3.63) is 92.3 Å². The Hall–Kier alpha value is -3.14. The minimum Gasteiger partial charge on any atom is -0.493 e. The predicted octanol–water partition coefficient (Wildman–Crippen LogP) is 6.49. The molecule has 1 aliphatic rings. The molecule has 1 fully saturated rings. The van der Waals surface area contributed by atoms with Gasteiger partial charge in [-0.3, -0.25) is 14.5 Å². The van der Waals surface area contributed by atoms with E-state index in [-0.39, 0.29) is 18.4 Å². The Morgan fingerprint density at radius 3 is 2.54 bits per heavy atom. The van der Waals surface area contributed by atoms with Crippen LogP contribution in [0.4, 0.5) is 5.69 Å². The predicted molar refractivity (Wildman–Crippen MR) is 156 cm³/mol. The molecule has 2 amide bonds. The van der Waals surface area contributed by atoms with Gasteiger partial charge in [0.1, 0.15) is 4.32 Å². The summed E-state index contributed by atoms with van der Waals surface area (Å²) in [5, 5.41) is 2.86. The van der Waals surface area contributed by atoms with Gasteiger partial charge in [0.05, 0.1) is 24.2 Å². The first kappa shape index (κ1) is 26.9. The fourth-order valence-corrected chi connectivity index (χ4v) is 5.47. The molecule has 1 aliphatic heterocycles. The van der Waals surface area contributed by atoms with Crippen LogP contribution in [0.5, 0.6) is 11.5 Å². The number of thioether (sulfide) groups is 1. The minimum atomic E-state index is -0.294. The number of methoxy groups -OCH3 is 1. The highest BCUT2D eigenvalue weighted by Gasteiger charge is 2.32. The highest BCUT2D eigenvalue weighted by atomic mass is 79.9. The molecule has 9 heteroatoms. The summed E-state index contributed by atoms with van der Waals surface area (Å²) in [6, 6.07) is 18.9. The summed E-state index contributed by atoms with van der Waals surface area (Å²) in [4.78, 5) is 27.6. The zero-order valence-corrected chi connectivity index (χ0v) is 23.8. The Balaban J connectivity index is 1.42. The molecule has 190 valence electrons. The molecule has 0 aromatic heterocycles. The molecule has 0 spiro atoms. The van der Waals surface area contributed by atoms with Crippen LogP contribution in [-0.2, 0) is 16.1 Å². The molecule has 37 heavy (non-hydrogen) atoms. The number of ether oxygens (including phenoxy) is 2. The van der Waals surface area contributed by atoms with Crippen LogP contribution >= 0.6 is 39.9 Å². The fraction of sp³-hybridized carbons (Fsp3) is 0.179. The van der Waals surface area contributed by atoms with Gasteiger partial charge in [0.2, 0.25) is 0 Å². The first-order chi connectivity index (χ1) is 17.7. The van der Waals surface area contributed by atoms with E-state index in [4.69, 9.17) is 21.7 Å². The number of aryl methyl sites for hydroxylation is 2. The van der Waals surface area contributed by atoms with Gasteiger partial charge in [-0.15, -0.1) is 0 Å². The summed E-state index contributed by atoms with van der Waals surface area (Å²) in [5.74, 6) is 0.448. The van der Waals surface area contributed by atoms with E-state index in [2.05, 4.69) is 21.2 Å². The lowest BCUT2D eigenvalue weighted by atomic mass is 10.1. The molecule has 3 aromatic carbocycles. The third kappa shape index (κ3) is 6.60. The van der Waals surface area contributed by atoms with Crippen molar-refractivity contribution in [2.45, 2.75) is 20.4 Å². The van der Waals surface area contributed by atoms with Crippen LogP contribution in [0, 0.1) is 13.8 Å². The summed E-state index contributed by atoms with van der Waals surface area (Å²) in [7, 11) is 1.53. The molecule has 0 unspecified atom stereocenters. The smallest absolute Gasteiger partial charge is 0.266 e. The lowest BCUT2D eigenvalue weighted by Crippen LogP contribution is -2.27. The van der Waals surface area contributed by atoms with Gasteiger partial charge in [-0.05, 0) is 82.4 Å². The molecule has 0 atom stereocenters. The molecule has 4 rings (SSSR count). The van der Waals surface area contributed by atoms with Crippen molar-refractivity contribution in [1.82, 2.24) is 4.90 Å². The number of hydrogen-bond donors (Lipinski definition) is 1. The third-order valence-electron chi connectivity index (χ3n) is 5.76. The monoisotopic (exact) mass is 596 g/mol. The number of amides is 2. The molecule has 3 aromatic rings. The number of benzene rings is 3. The van der Waals surface area contributed by atoms with E-state index < -0.39 is 0 Å². The zero-order chi connectivity index (χ0) is 26.5. The van der Waals surface area contributed by atoms with Crippen LogP contribution in [0.25, 0.3) is 6.08 Å². The molecule has 1 saturated heterocycles. The number of halogens is 1. The van der Waals surface area contributed by atoms with Crippen LogP contribution in [0.2, 0.25) is 0 Å². The van der Waals surface area contributed by atoms with Crippen LogP contribution in [0.1, 0.15) is 22.3 Å². The van der Waals surface area contributed by atoms with E-state index in [0.29, 0.717) is 33.0 Å². The molecule has 1 N–H and O–H groups in total. The highest BCUT2D eigenvalue weighted by Crippen LogP contribution is 2.35. The Bertz CT molecular complexity index is 1390. The summed E-state index contributed by atoms with van der Waals surface area (Å²) >= 11 is 10.2. The van der Waals surface area contributed by atoms with Gasteiger partial charge in [0.15, 0.2) is 18.1 Å². The lowest BCUT2D eigenvalue weighted by Gasteiger charge is -2.14. The largest absolute Gasteiger partial charge is 0.493 e. The van der Waals surface area contributed by atoms with Crippen molar-refractivity contribution in [2.24, 2.45) is 0 Å². The zero-order valence-electron chi connectivity index (χ0n) is 20.5. The molecular weight excluding hydrogens is 572 g/mol. The van der Waals surface area contributed by atoms with Gasteiger partial charge in [0.25, 0.3) is 11.8 Å². The minimum absolute atomic E-state index is 0.132. The summed E-state index contributed by atoms with van der Waals surface area (Å²) in [5.41, 5.74) is 4.66. The first-order valence-corrected chi connectivity index (χ1v) is 13.4. The molecule has 1 heterocycles. The Labute approximate surface area is 234 Å². The SMILES string of the molecule is COc1cc(C=C2SC(=S)N(Cc3ccccc3)C2=O)ccc1OCC(=O)Nc1cc(C)c(C)cc1Br. The second kappa shape index (κ2) is 11.9.